The SMILES string of the molecule is CC(C)CC1=Cc2ccccc2[CH]1[Ti+2]1([CH]2C(CC(C)C)=Cc3ccccc32)[CH2]C[CH2]1.[Cl-].[Cl-]. The van der Waals surface area contributed by atoms with E-state index in [4.69, 9.17) is 0 Å². The Morgan fingerprint density at radius 3 is 1.44 bits per heavy atom. The Morgan fingerprint density at radius 2 is 1.09 bits per heavy atom. The van der Waals surface area contributed by atoms with Crippen molar-refractivity contribution in [2.24, 2.45) is 11.8 Å². The summed E-state index contributed by atoms with van der Waals surface area (Å²) < 4.78 is 4.62. The third-order valence-electron chi connectivity index (χ3n) is 7.76. The molecule has 3 aliphatic rings. The Bertz CT molecular complexity index is 936. The van der Waals surface area contributed by atoms with E-state index in [1.165, 1.54) is 30.4 Å². The average Bonchev–Trinajstić information content (AvgIpc) is 3.19. The van der Waals surface area contributed by atoms with Crippen molar-refractivity contribution in [2.75, 3.05) is 0 Å². The van der Waals surface area contributed by atoms with Crippen molar-refractivity contribution >= 4 is 12.2 Å². The fourth-order valence-corrected chi connectivity index (χ4v) is 16.6. The molecule has 1 saturated heterocycles. The molecule has 0 nitrogen and oxygen atoms in total. The smallest absolute Gasteiger partial charge is 1.00 e. The summed E-state index contributed by atoms with van der Waals surface area (Å²) >= 11 is -2.25. The molecule has 2 unspecified atom stereocenters. The Morgan fingerprint density at radius 1 is 0.688 bits per heavy atom. The molecule has 0 amide bonds. The van der Waals surface area contributed by atoms with Crippen molar-refractivity contribution in [3.05, 3.63) is 81.9 Å². The molecular formula is C29H36Cl2Ti. The van der Waals surface area contributed by atoms with Crippen molar-refractivity contribution in [3.63, 3.8) is 0 Å². The van der Waals surface area contributed by atoms with E-state index < -0.39 is 16.6 Å². The van der Waals surface area contributed by atoms with Gasteiger partial charge >= 0.3 is 187 Å². The van der Waals surface area contributed by atoms with Gasteiger partial charge in [0, 0.05) is 0 Å². The van der Waals surface area contributed by atoms with Crippen molar-refractivity contribution < 1.29 is 41.4 Å². The molecule has 0 aromatic heterocycles. The Labute approximate surface area is 211 Å². The first-order valence-electron chi connectivity index (χ1n) is 12.1. The van der Waals surface area contributed by atoms with Crippen LogP contribution in [0.2, 0.25) is 9.45 Å². The molecule has 0 spiro atoms. The summed E-state index contributed by atoms with van der Waals surface area (Å²) in [5.74, 6) is 1.46. The molecule has 3 heteroatoms. The number of hydrogen-bond acceptors (Lipinski definition) is 0. The number of fused-ring (bicyclic) bond motifs is 2. The Kier molecular flexibility index (Phi) is 8.26. The molecule has 2 atom stereocenters. The number of benzene rings is 2. The Balaban J connectivity index is 0.00000144. The summed E-state index contributed by atoms with van der Waals surface area (Å²) in [6.07, 6.45) is 9.19. The molecule has 2 aromatic rings. The van der Waals surface area contributed by atoms with Crippen LogP contribution in [0.25, 0.3) is 12.2 Å². The zero-order valence-electron chi connectivity index (χ0n) is 19.9. The van der Waals surface area contributed by atoms with Gasteiger partial charge < -0.3 is 24.8 Å². The van der Waals surface area contributed by atoms with Gasteiger partial charge in [-0.15, -0.1) is 0 Å². The van der Waals surface area contributed by atoms with Gasteiger partial charge in [-0.2, -0.15) is 0 Å². The van der Waals surface area contributed by atoms with Crippen molar-refractivity contribution in [1.82, 2.24) is 0 Å². The monoisotopic (exact) mass is 502 g/mol. The Hall–Kier alpha value is -0.786. The second-order valence-corrected chi connectivity index (χ2v) is 18.1. The second kappa shape index (κ2) is 10.2. The van der Waals surface area contributed by atoms with Gasteiger partial charge in [0.1, 0.15) is 0 Å². The number of hydrogen-bond donors (Lipinski definition) is 0. The molecule has 170 valence electrons. The molecule has 1 fully saturated rings. The van der Waals surface area contributed by atoms with Gasteiger partial charge in [-0.05, 0) is 0 Å². The average molecular weight is 503 g/mol. The van der Waals surface area contributed by atoms with Crippen LogP contribution in [-0.4, -0.2) is 0 Å². The van der Waals surface area contributed by atoms with Gasteiger partial charge in [0.05, 0.1) is 0 Å². The van der Waals surface area contributed by atoms with Crippen LogP contribution in [0.5, 0.6) is 0 Å². The van der Waals surface area contributed by atoms with Crippen LogP contribution in [0.15, 0.2) is 59.7 Å². The molecule has 1 heterocycles. The van der Waals surface area contributed by atoms with Crippen LogP contribution >= 0.6 is 0 Å². The van der Waals surface area contributed by atoms with Crippen molar-refractivity contribution in [1.29, 1.82) is 0 Å². The van der Waals surface area contributed by atoms with E-state index in [-0.39, 0.29) is 24.8 Å². The van der Waals surface area contributed by atoms with E-state index in [0.29, 0.717) is 0 Å². The molecule has 2 aliphatic carbocycles. The third-order valence-corrected chi connectivity index (χ3v) is 17.5. The fraction of sp³-hybridized carbons (Fsp3) is 0.448. The number of rotatable bonds is 6. The van der Waals surface area contributed by atoms with E-state index in [2.05, 4.69) is 88.4 Å². The predicted octanol–water partition coefficient (Wildman–Crippen LogP) is 2.76. The van der Waals surface area contributed by atoms with Gasteiger partial charge in [-0.25, -0.2) is 0 Å². The van der Waals surface area contributed by atoms with Gasteiger partial charge in [-0.1, -0.05) is 0 Å². The molecular weight excluding hydrogens is 467 g/mol. The number of allylic oxidation sites excluding steroid dienone is 2. The summed E-state index contributed by atoms with van der Waals surface area (Å²) in [5, 5.41) is 0. The minimum absolute atomic E-state index is 0. The van der Waals surface area contributed by atoms with Crippen LogP contribution in [-0.2, 0) is 16.6 Å². The quantitative estimate of drug-likeness (QED) is 0.533. The van der Waals surface area contributed by atoms with Gasteiger partial charge in [-0.3, -0.25) is 0 Å². The minimum atomic E-state index is -2.25. The third kappa shape index (κ3) is 4.34. The first kappa shape index (κ1) is 25.8. The van der Waals surface area contributed by atoms with E-state index in [9.17, 15) is 0 Å². The standard InChI is InChI=1S/2C13H15.C3H6.2ClH.Ti/c2*1-10(2)7-11-8-12-5-3-4-6-13(12)9-11;1-3-2;;;/h2*3-6,8-10H,7H2,1-2H3;1-3H2;2*1H;/q;;;;;+2/p-2. The molecule has 2 aromatic carbocycles. The van der Waals surface area contributed by atoms with Gasteiger partial charge in [0.15, 0.2) is 0 Å². The van der Waals surface area contributed by atoms with E-state index in [1.54, 1.807) is 31.7 Å². The maximum atomic E-state index is 2.60. The van der Waals surface area contributed by atoms with Crippen LogP contribution in [0.4, 0.5) is 0 Å². The van der Waals surface area contributed by atoms with Crippen molar-refractivity contribution in [2.45, 2.75) is 64.9 Å². The molecule has 0 radical (unpaired) electrons. The summed E-state index contributed by atoms with van der Waals surface area (Å²) in [4.78, 5) is 0. The van der Waals surface area contributed by atoms with Gasteiger partial charge in [0.2, 0.25) is 0 Å². The summed E-state index contributed by atoms with van der Waals surface area (Å²) in [5.41, 5.74) is 9.96. The van der Waals surface area contributed by atoms with E-state index >= 15 is 0 Å². The predicted molar refractivity (Wildman–Crippen MR) is 127 cm³/mol. The maximum absolute atomic E-state index is 2.60. The molecule has 5 rings (SSSR count). The first-order valence-corrected chi connectivity index (χ1v) is 16.1. The maximum Gasteiger partial charge on any atom is -1.00 e. The summed E-state index contributed by atoms with van der Waals surface area (Å²) in [6, 6.07) is 18.7. The number of halogens is 2. The zero-order valence-corrected chi connectivity index (χ0v) is 22.9. The molecule has 32 heavy (non-hydrogen) atoms. The van der Waals surface area contributed by atoms with E-state index in [1.807, 2.05) is 0 Å². The van der Waals surface area contributed by atoms with Crippen LogP contribution in [0.3, 0.4) is 0 Å². The fourth-order valence-electron chi connectivity index (χ4n) is 6.76. The van der Waals surface area contributed by atoms with Gasteiger partial charge in [0.25, 0.3) is 0 Å². The largest absolute Gasteiger partial charge is 1.00 e. The summed E-state index contributed by atoms with van der Waals surface area (Å²) in [6.45, 7) is 9.60. The van der Waals surface area contributed by atoms with Crippen LogP contribution < -0.4 is 24.8 Å². The minimum Gasteiger partial charge on any atom is -1.00 e. The molecule has 0 saturated carbocycles. The molecule has 1 aliphatic heterocycles. The molecule has 0 N–H and O–H groups in total. The van der Waals surface area contributed by atoms with Crippen LogP contribution in [0, 0.1) is 11.8 Å². The summed E-state index contributed by atoms with van der Waals surface area (Å²) in [7, 11) is 0. The first-order chi connectivity index (χ1) is 14.5. The normalized spacial score (nSPS) is 21.3. The van der Waals surface area contributed by atoms with Crippen LogP contribution in [0.1, 0.15) is 77.7 Å². The zero-order chi connectivity index (χ0) is 20.9. The molecule has 0 bridgehead atoms. The van der Waals surface area contributed by atoms with Crippen molar-refractivity contribution in [3.8, 4) is 0 Å². The second-order valence-electron chi connectivity index (χ2n) is 10.8. The van der Waals surface area contributed by atoms with E-state index in [0.717, 1.165) is 20.3 Å². The topological polar surface area (TPSA) is 0 Å².